The van der Waals surface area contributed by atoms with E-state index in [9.17, 15) is 8.42 Å². The van der Waals surface area contributed by atoms with E-state index in [2.05, 4.69) is 4.18 Å². The van der Waals surface area contributed by atoms with Crippen LogP contribution >= 0.6 is 0 Å². The highest BCUT2D eigenvalue weighted by atomic mass is 32.3. The Morgan fingerprint density at radius 3 is 2.10 bits per heavy atom. The van der Waals surface area contributed by atoms with Crippen molar-refractivity contribution >= 4 is 10.4 Å². The number of nitrogens with two attached hydrogens (primary N) is 1. The lowest BCUT2D eigenvalue weighted by Gasteiger charge is -2.19. The number of hydrogen-bond donors (Lipinski definition) is 2. The molecule has 0 fully saturated rings. The van der Waals surface area contributed by atoms with Crippen LogP contribution in [0.25, 0.3) is 0 Å². The molecule has 0 saturated carbocycles. The molecule has 5 nitrogen and oxygen atoms in total. The lowest BCUT2D eigenvalue weighted by molar-refractivity contribution is 0.108. The molecule has 0 aliphatic rings. The van der Waals surface area contributed by atoms with E-state index >= 15 is 0 Å². The average Bonchev–Trinajstić information content (AvgIpc) is 1.60. The highest BCUT2D eigenvalue weighted by molar-refractivity contribution is 7.80. The van der Waals surface area contributed by atoms with Crippen molar-refractivity contribution < 1.29 is 17.2 Å². The van der Waals surface area contributed by atoms with Gasteiger partial charge in [0.05, 0.1) is 5.60 Å². The molecule has 0 rings (SSSR count). The Labute approximate surface area is 60.1 Å². The van der Waals surface area contributed by atoms with Gasteiger partial charge in [0.1, 0.15) is 0 Å². The van der Waals surface area contributed by atoms with Crippen LogP contribution in [0.3, 0.4) is 0 Å². The zero-order valence-electron chi connectivity index (χ0n) is 5.86. The molecule has 0 spiro atoms. The van der Waals surface area contributed by atoms with Crippen LogP contribution in [0.4, 0.5) is 0 Å². The molecule has 3 N–H and O–H groups in total. The first-order valence-electron chi connectivity index (χ1n) is 2.65. The van der Waals surface area contributed by atoms with E-state index in [1.165, 1.54) is 13.8 Å². The molecule has 0 radical (unpaired) electrons. The molecule has 0 unspecified atom stereocenters. The quantitative estimate of drug-likeness (QED) is 0.558. The third kappa shape index (κ3) is 4.68. The first kappa shape index (κ1) is 9.83. The average molecular weight is 169 g/mol. The van der Waals surface area contributed by atoms with Gasteiger partial charge in [-0.2, -0.15) is 8.42 Å². The second kappa shape index (κ2) is 2.83. The van der Waals surface area contributed by atoms with E-state index in [1.54, 1.807) is 0 Å². The summed E-state index contributed by atoms with van der Waals surface area (Å²) in [4.78, 5) is 0. The zero-order chi connectivity index (χ0) is 8.41. The van der Waals surface area contributed by atoms with Crippen molar-refractivity contribution in [2.45, 2.75) is 19.4 Å². The van der Waals surface area contributed by atoms with Gasteiger partial charge in [-0.1, -0.05) is 0 Å². The summed E-state index contributed by atoms with van der Waals surface area (Å²) in [6.45, 7) is 2.94. The minimum atomic E-state index is -4.37. The molecule has 0 aliphatic carbocycles. The first-order valence-corrected chi connectivity index (χ1v) is 4.01. The third-order valence-electron chi connectivity index (χ3n) is 0.822. The Morgan fingerprint density at radius 1 is 1.60 bits per heavy atom. The number of hydrogen-bond acceptors (Lipinski definition) is 4. The molecule has 0 amide bonds. The molecule has 0 aromatic heterocycles. The summed E-state index contributed by atoms with van der Waals surface area (Å²) < 4.78 is 32.5. The Bertz CT molecular complexity index is 195. The Morgan fingerprint density at radius 2 is 2.00 bits per heavy atom. The zero-order valence-corrected chi connectivity index (χ0v) is 6.68. The smallest absolute Gasteiger partial charge is 0.328 e. The van der Waals surface area contributed by atoms with Gasteiger partial charge in [0.2, 0.25) is 0 Å². The van der Waals surface area contributed by atoms with Crippen LogP contribution in [0.5, 0.6) is 0 Å². The summed E-state index contributed by atoms with van der Waals surface area (Å²) in [6.07, 6.45) is 0. The van der Waals surface area contributed by atoms with E-state index in [4.69, 9.17) is 10.3 Å². The normalized spacial score (nSPS) is 13.6. The monoisotopic (exact) mass is 169 g/mol. The van der Waals surface area contributed by atoms with Crippen LogP contribution in [0, 0.1) is 0 Å². The van der Waals surface area contributed by atoms with E-state index in [-0.39, 0.29) is 6.54 Å². The maximum atomic E-state index is 10.1. The number of rotatable bonds is 3. The van der Waals surface area contributed by atoms with Crippen molar-refractivity contribution in [2.75, 3.05) is 6.54 Å². The Hall–Kier alpha value is -0.170. The standard InChI is InChI=1S/C4H11NO4S/c1-4(2,3-5)9-10(6,7)8/h3,5H2,1-2H3,(H,6,7,8). The lowest BCUT2D eigenvalue weighted by Crippen LogP contribution is -2.36. The van der Waals surface area contributed by atoms with Gasteiger partial charge in [0, 0.05) is 6.54 Å². The van der Waals surface area contributed by atoms with E-state index in [0.29, 0.717) is 0 Å². The molecule has 0 bridgehead atoms. The molecule has 10 heavy (non-hydrogen) atoms. The van der Waals surface area contributed by atoms with Crippen molar-refractivity contribution in [2.24, 2.45) is 5.73 Å². The molecular formula is C4H11NO4S. The fourth-order valence-electron chi connectivity index (χ4n) is 0.319. The molecule has 6 heteroatoms. The minimum absolute atomic E-state index is 0.0206. The minimum Gasteiger partial charge on any atom is -0.328 e. The largest absolute Gasteiger partial charge is 0.397 e. The maximum Gasteiger partial charge on any atom is 0.397 e. The summed E-state index contributed by atoms with van der Waals surface area (Å²) in [5, 5.41) is 0. The van der Waals surface area contributed by atoms with Crippen molar-refractivity contribution in [1.29, 1.82) is 0 Å². The molecule has 62 valence electrons. The van der Waals surface area contributed by atoms with Gasteiger partial charge in [-0.25, -0.2) is 4.18 Å². The van der Waals surface area contributed by atoms with Crippen LogP contribution in [-0.4, -0.2) is 25.1 Å². The Balaban J connectivity index is 4.16. The van der Waals surface area contributed by atoms with Crippen LogP contribution in [0.15, 0.2) is 0 Å². The highest BCUT2D eigenvalue weighted by Crippen LogP contribution is 2.08. The van der Waals surface area contributed by atoms with Crippen molar-refractivity contribution in [3.63, 3.8) is 0 Å². The van der Waals surface area contributed by atoms with Gasteiger partial charge in [-0.15, -0.1) is 0 Å². The maximum absolute atomic E-state index is 10.1. The summed E-state index contributed by atoms with van der Waals surface area (Å²) in [6, 6.07) is 0. The molecular weight excluding hydrogens is 158 g/mol. The van der Waals surface area contributed by atoms with Crippen LogP contribution in [-0.2, 0) is 14.6 Å². The third-order valence-corrected chi connectivity index (χ3v) is 1.48. The topological polar surface area (TPSA) is 89.6 Å². The molecule has 0 aromatic carbocycles. The first-order chi connectivity index (χ1) is 4.27. The summed E-state index contributed by atoms with van der Waals surface area (Å²) >= 11 is 0. The predicted octanol–water partition coefficient (Wildman–Crippen LogP) is -0.457. The van der Waals surface area contributed by atoms with Crippen LogP contribution in [0.2, 0.25) is 0 Å². The molecule has 0 atom stereocenters. The second-order valence-electron chi connectivity index (χ2n) is 2.47. The van der Waals surface area contributed by atoms with Crippen molar-refractivity contribution in [3.05, 3.63) is 0 Å². The lowest BCUT2D eigenvalue weighted by atomic mass is 10.1. The molecule has 0 saturated heterocycles. The summed E-state index contributed by atoms with van der Waals surface area (Å²) in [7, 11) is -4.37. The summed E-state index contributed by atoms with van der Waals surface area (Å²) in [5.74, 6) is 0. The van der Waals surface area contributed by atoms with Gasteiger partial charge in [0.25, 0.3) is 0 Å². The molecule has 0 aromatic rings. The fraction of sp³-hybridized carbons (Fsp3) is 1.00. The van der Waals surface area contributed by atoms with E-state index in [1.807, 2.05) is 0 Å². The second-order valence-corrected chi connectivity index (χ2v) is 3.50. The fourth-order valence-corrected chi connectivity index (χ4v) is 0.957. The predicted molar refractivity (Wildman–Crippen MR) is 35.8 cm³/mol. The summed E-state index contributed by atoms with van der Waals surface area (Å²) in [5.41, 5.74) is 4.08. The van der Waals surface area contributed by atoms with E-state index in [0.717, 1.165) is 0 Å². The van der Waals surface area contributed by atoms with Gasteiger partial charge in [-0.05, 0) is 13.8 Å². The van der Waals surface area contributed by atoms with Gasteiger partial charge in [-0.3, -0.25) is 4.55 Å². The highest BCUT2D eigenvalue weighted by Gasteiger charge is 2.23. The van der Waals surface area contributed by atoms with Crippen molar-refractivity contribution in [1.82, 2.24) is 0 Å². The Kier molecular flexibility index (Phi) is 2.78. The SMILES string of the molecule is CC(C)(CN)OS(=O)(=O)O. The van der Waals surface area contributed by atoms with Crippen LogP contribution < -0.4 is 5.73 Å². The van der Waals surface area contributed by atoms with Gasteiger partial charge >= 0.3 is 10.4 Å². The van der Waals surface area contributed by atoms with E-state index < -0.39 is 16.0 Å². The molecule has 0 heterocycles. The van der Waals surface area contributed by atoms with Crippen molar-refractivity contribution in [3.8, 4) is 0 Å². The molecule has 0 aliphatic heterocycles. The van der Waals surface area contributed by atoms with Gasteiger partial charge < -0.3 is 5.73 Å². The van der Waals surface area contributed by atoms with Crippen LogP contribution in [0.1, 0.15) is 13.8 Å². The van der Waals surface area contributed by atoms with Gasteiger partial charge in [0.15, 0.2) is 0 Å².